The summed E-state index contributed by atoms with van der Waals surface area (Å²) in [6.45, 7) is 6.66. The summed E-state index contributed by atoms with van der Waals surface area (Å²) in [7, 11) is -2.85. The predicted molar refractivity (Wildman–Crippen MR) is 35.5 cm³/mol. The van der Waals surface area contributed by atoms with Crippen molar-refractivity contribution in [3.63, 3.8) is 0 Å². The molecular formula is C5H13O2P. The molecule has 50 valence electrons. The highest BCUT2D eigenvalue weighted by atomic mass is 31.2. The molecule has 3 heteroatoms. The van der Waals surface area contributed by atoms with Gasteiger partial charge in [-0.25, -0.2) is 0 Å². The van der Waals surface area contributed by atoms with Crippen LogP contribution in [0.2, 0.25) is 0 Å². The zero-order valence-electron chi connectivity index (χ0n) is 5.80. The summed E-state index contributed by atoms with van der Waals surface area (Å²) in [5.74, 6) is 0. The summed E-state index contributed by atoms with van der Waals surface area (Å²) in [6.07, 6.45) is 0. The lowest BCUT2D eigenvalue weighted by atomic mass is 10.3. The first-order chi connectivity index (χ1) is 3.25. The fourth-order valence-corrected chi connectivity index (χ4v) is 0. The molecule has 0 heterocycles. The summed E-state index contributed by atoms with van der Waals surface area (Å²) < 4.78 is 10.8. The summed E-state index contributed by atoms with van der Waals surface area (Å²) >= 11 is 0. The maximum Gasteiger partial charge on any atom is 0.202 e. The molecule has 0 aromatic heterocycles. The minimum absolute atomic E-state index is 0.451. The van der Waals surface area contributed by atoms with Crippen molar-refractivity contribution in [1.82, 2.24) is 0 Å². The second-order valence-corrected chi connectivity index (χ2v) is 6.15. The second-order valence-electron chi connectivity index (χ2n) is 3.05. The van der Waals surface area contributed by atoms with Crippen molar-refractivity contribution in [2.24, 2.45) is 0 Å². The first kappa shape index (κ1) is 8.19. The molecule has 0 bridgehead atoms. The number of hydrogen-bond acceptors (Lipinski definition) is 1. The quantitative estimate of drug-likeness (QED) is 0.514. The van der Waals surface area contributed by atoms with Gasteiger partial charge in [0.25, 0.3) is 0 Å². The van der Waals surface area contributed by atoms with Crippen LogP contribution >= 0.6 is 7.37 Å². The zero-order chi connectivity index (χ0) is 7.00. The number of hydrogen-bond donors (Lipinski definition) is 1. The average molecular weight is 136 g/mol. The third-order valence-electron chi connectivity index (χ3n) is 1.24. The molecule has 0 rings (SSSR count). The van der Waals surface area contributed by atoms with Crippen LogP contribution < -0.4 is 0 Å². The minimum Gasteiger partial charge on any atom is -0.344 e. The van der Waals surface area contributed by atoms with E-state index in [0.29, 0.717) is 0 Å². The Morgan fingerprint density at radius 3 is 1.50 bits per heavy atom. The summed E-state index contributed by atoms with van der Waals surface area (Å²) in [5, 5.41) is -0.451. The second kappa shape index (κ2) is 1.85. The van der Waals surface area contributed by atoms with Crippen molar-refractivity contribution in [1.29, 1.82) is 0 Å². The molecule has 1 N–H and O–H groups in total. The normalized spacial score (nSPS) is 20.1. The SMILES string of the molecule is CC(C)(C)P(C)(=O)O. The Kier molecular flexibility index (Phi) is 1.90. The molecule has 0 aliphatic rings. The van der Waals surface area contributed by atoms with Gasteiger partial charge in [-0.3, -0.25) is 4.57 Å². The molecule has 0 saturated carbocycles. The topological polar surface area (TPSA) is 37.3 Å². The van der Waals surface area contributed by atoms with E-state index in [1.807, 2.05) is 0 Å². The van der Waals surface area contributed by atoms with Gasteiger partial charge in [-0.15, -0.1) is 0 Å². The van der Waals surface area contributed by atoms with Gasteiger partial charge in [0.1, 0.15) is 0 Å². The molecule has 1 unspecified atom stereocenters. The van der Waals surface area contributed by atoms with Gasteiger partial charge in [0.05, 0.1) is 0 Å². The van der Waals surface area contributed by atoms with Crippen LogP contribution in [0.4, 0.5) is 0 Å². The van der Waals surface area contributed by atoms with Crippen LogP contribution in [0.1, 0.15) is 20.8 Å². The molecule has 2 nitrogen and oxygen atoms in total. The van der Waals surface area contributed by atoms with E-state index in [0.717, 1.165) is 0 Å². The summed E-state index contributed by atoms with van der Waals surface area (Å²) in [5.41, 5.74) is 0. The van der Waals surface area contributed by atoms with Crippen LogP contribution in [-0.4, -0.2) is 16.7 Å². The molecule has 0 spiro atoms. The van der Waals surface area contributed by atoms with Crippen molar-refractivity contribution < 1.29 is 9.46 Å². The number of rotatable bonds is 0. The van der Waals surface area contributed by atoms with Gasteiger partial charge in [0.15, 0.2) is 0 Å². The molecule has 8 heavy (non-hydrogen) atoms. The smallest absolute Gasteiger partial charge is 0.202 e. The van der Waals surface area contributed by atoms with Gasteiger partial charge in [-0.05, 0) is 0 Å². The van der Waals surface area contributed by atoms with Gasteiger partial charge < -0.3 is 4.89 Å². The molecule has 0 aromatic rings. The largest absolute Gasteiger partial charge is 0.344 e. The first-order valence-electron chi connectivity index (χ1n) is 2.55. The average Bonchev–Trinajstić information content (AvgIpc) is 1.25. The Bertz CT molecular complexity index is 117. The van der Waals surface area contributed by atoms with Crippen molar-refractivity contribution in [3.8, 4) is 0 Å². The van der Waals surface area contributed by atoms with Crippen molar-refractivity contribution >= 4 is 7.37 Å². The zero-order valence-corrected chi connectivity index (χ0v) is 6.70. The van der Waals surface area contributed by atoms with Crippen molar-refractivity contribution in [2.75, 3.05) is 6.66 Å². The van der Waals surface area contributed by atoms with E-state index in [4.69, 9.17) is 4.89 Å². The standard InChI is InChI=1S/C5H13O2P/c1-5(2,3)8(4,6)7/h1-4H3,(H,6,7). The van der Waals surface area contributed by atoms with Crippen LogP contribution in [0.3, 0.4) is 0 Å². The van der Waals surface area contributed by atoms with Crippen LogP contribution in [0, 0.1) is 0 Å². The molecule has 0 radical (unpaired) electrons. The van der Waals surface area contributed by atoms with E-state index in [9.17, 15) is 4.57 Å². The lowest BCUT2D eigenvalue weighted by Gasteiger charge is -2.21. The molecule has 0 aromatic carbocycles. The monoisotopic (exact) mass is 136 g/mol. The Balaban J connectivity index is 4.26. The van der Waals surface area contributed by atoms with E-state index in [1.54, 1.807) is 20.8 Å². The molecule has 0 fully saturated rings. The third-order valence-corrected chi connectivity index (χ3v) is 3.73. The molecule has 0 amide bonds. The lowest BCUT2D eigenvalue weighted by molar-refractivity contribution is 0.452. The van der Waals surface area contributed by atoms with E-state index >= 15 is 0 Å². The maximum absolute atomic E-state index is 10.8. The molecule has 0 aliphatic carbocycles. The van der Waals surface area contributed by atoms with Gasteiger partial charge in [0.2, 0.25) is 7.37 Å². The van der Waals surface area contributed by atoms with Crippen LogP contribution in [0.25, 0.3) is 0 Å². The first-order valence-corrected chi connectivity index (χ1v) is 4.66. The Morgan fingerprint density at radius 2 is 1.50 bits per heavy atom. The Morgan fingerprint density at radius 1 is 1.38 bits per heavy atom. The van der Waals surface area contributed by atoms with Gasteiger partial charge in [0, 0.05) is 11.8 Å². The summed E-state index contributed by atoms with van der Waals surface area (Å²) in [6, 6.07) is 0. The fraction of sp³-hybridized carbons (Fsp3) is 1.00. The van der Waals surface area contributed by atoms with Gasteiger partial charge >= 0.3 is 0 Å². The van der Waals surface area contributed by atoms with E-state index in [1.165, 1.54) is 6.66 Å². The molecule has 0 aliphatic heterocycles. The maximum atomic E-state index is 10.8. The fourth-order valence-electron chi connectivity index (χ4n) is 0. The highest BCUT2D eigenvalue weighted by Gasteiger charge is 2.28. The molecule has 0 saturated heterocycles. The van der Waals surface area contributed by atoms with Crippen LogP contribution in [0.5, 0.6) is 0 Å². The third kappa shape index (κ3) is 1.97. The van der Waals surface area contributed by atoms with Crippen LogP contribution in [0.15, 0.2) is 0 Å². The minimum atomic E-state index is -2.85. The van der Waals surface area contributed by atoms with Gasteiger partial charge in [-0.2, -0.15) is 0 Å². The lowest BCUT2D eigenvalue weighted by Crippen LogP contribution is -2.12. The van der Waals surface area contributed by atoms with Gasteiger partial charge in [-0.1, -0.05) is 20.8 Å². The highest BCUT2D eigenvalue weighted by molar-refractivity contribution is 7.58. The Labute approximate surface area is 50.4 Å². The van der Waals surface area contributed by atoms with E-state index in [2.05, 4.69) is 0 Å². The van der Waals surface area contributed by atoms with Crippen LogP contribution in [-0.2, 0) is 4.57 Å². The van der Waals surface area contributed by atoms with Crippen molar-refractivity contribution in [3.05, 3.63) is 0 Å². The molecule has 1 atom stereocenters. The van der Waals surface area contributed by atoms with E-state index in [-0.39, 0.29) is 0 Å². The van der Waals surface area contributed by atoms with Crippen molar-refractivity contribution in [2.45, 2.75) is 25.9 Å². The highest BCUT2D eigenvalue weighted by Crippen LogP contribution is 2.49. The summed E-state index contributed by atoms with van der Waals surface area (Å²) in [4.78, 5) is 8.91. The predicted octanol–water partition coefficient (Wildman–Crippen LogP) is 1.69. The van der Waals surface area contributed by atoms with E-state index < -0.39 is 12.5 Å². The Hall–Kier alpha value is 0.190. The molecular weight excluding hydrogens is 123 g/mol.